The van der Waals surface area contributed by atoms with Gasteiger partial charge in [0.15, 0.2) is 0 Å². The van der Waals surface area contributed by atoms with Crippen LogP contribution in [-0.2, 0) is 0 Å². The molecule has 0 aliphatic heterocycles. The van der Waals surface area contributed by atoms with Gasteiger partial charge in [0.05, 0.1) is 14.2 Å². The van der Waals surface area contributed by atoms with E-state index in [1.54, 1.807) is 0 Å². The predicted molar refractivity (Wildman–Crippen MR) is 61.9 cm³/mol. The molecule has 1 aromatic carbocycles. The minimum absolute atomic E-state index is 0.155. The molecule has 0 radical (unpaired) electrons. The number of benzene rings is 1. The van der Waals surface area contributed by atoms with Crippen molar-refractivity contribution in [2.75, 3.05) is 0 Å². The zero-order valence-electron chi connectivity index (χ0n) is 7.92. The van der Waals surface area contributed by atoms with E-state index < -0.39 is 8.80 Å². The molecule has 0 saturated heterocycles. The fraction of sp³-hybridized carbons (Fsp3) is 0.273. The summed E-state index contributed by atoms with van der Waals surface area (Å²) in [5, 5.41) is 1.63. The normalized spacial score (nSPS) is 20.3. The zero-order chi connectivity index (χ0) is 9.42. The van der Waals surface area contributed by atoms with E-state index in [-0.39, 0.29) is 5.38 Å². The molecule has 1 atom stereocenters. The molecule has 2 heteroatoms. The average Bonchev–Trinajstić information content (AvgIpc) is 2.45. The van der Waals surface area contributed by atoms with Crippen molar-refractivity contribution in [3.05, 3.63) is 40.6 Å². The van der Waals surface area contributed by atoms with Crippen LogP contribution in [0, 0.1) is 0 Å². The number of alkyl halides is 1. The molecule has 0 saturated carbocycles. The van der Waals surface area contributed by atoms with Crippen molar-refractivity contribution in [1.82, 2.24) is 0 Å². The van der Waals surface area contributed by atoms with Gasteiger partial charge in [-0.1, -0.05) is 48.6 Å². The van der Waals surface area contributed by atoms with Gasteiger partial charge in [0.1, 0.15) is 0 Å². The van der Waals surface area contributed by atoms with Crippen molar-refractivity contribution in [2.24, 2.45) is 0 Å². The number of fused-ring (bicyclic) bond motifs is 1. The lowest BCUT2D eigenvalue weighted by Crippen LogP contribution is -2.07. The topological polar surface area (TPSA) is 0 Å². The second-order valence-corrected chi connectivity index (χ2v) is 7.20. The fourth-order valence-electron chi connectivity index (χ4n) is 1.76. The lowest BCUT2D eigenvalue weighted by Gasteiger charge is -2.10. The molecule has 2 rings (SSSR count). The maximum atomic E-state index is 6.37. The molecule has 0 aromatic heterocycles. The van der Waals surface area contributed by atoms with E-state index in [1.807, 2.05) is 0 Å². The second kappa shape index (κ2) is 3.32. The summed E-state index contributed by atoms with van der Waals surface area (Å²) in [4.78, 5) is 0. The predicted octanol–water partition coefficient (Wildman–Crippen LogP) is 3.39. The van der Waals surface area contributed by atoms with E-state index in [4.69, 9.17) is 11.6 Å². The van der Waals surface area contributed by atoms with E-state index in [0.29, 0.717) is 0 Å². The van der Waals surface area contributed by atoms with Crippen LogP contribution in [0.4, 0.5) is 0 Å². The third-order valence-corrected chi connectivity index (χ3v) is 5.08. The summed E-state index contributed by atoms with van der Waals surface area (Å²) in [5.41, 5.74) is 2.61. The number of allylic oxidation sites excluding steroid dienone is 1. The number of rotatable bonds is 1. The lowest BCUT2D eigenvalue weighted by atomic mass is 10.1. The first kappa shape index (κ1) is 9.04. The molecule has 0 fully saturated rings. The summed E-state index contributed by atoms with van der Waals surface area (Å²) in [5.74, 6) is 0. The molecular weight excluding hydrogens is 196 g/mol. The Kier molecular flexibility index (Phi) is 2.30. The fourth-order valence-corrected chi connectivity index (χ4v) is 4.06. The van der Waals surface area contributed by atoms with Crippen LogP contribution in [0.1, 0.15) is 16.5 Å². The molecule has 0 spiro atoms. The van der Waals surface area contributed by atoms with Crippen molar-refractivity contribution in [2.45, 2.75) is 18.5 Å². The molecule has 0 amide bonds. The van der Waals surface area contributed by atoms with Crippen LogP contribution in [0.3, 0.4) is 0 Å². The molecular formula is C11H13ClSi. The second-order valence-electron chi connectivity index (χ2n) is 3.79. The largest absolute Gasteiger partial charge is 0.113 e. The Morgan fingerprint density at radius 1 is 1.23 bits per heavy atom. The van der Waals surface area contributed by atoms with Crippen molar-refractivity contribution in [1.29, 1.82) is 0 Å². The van der Waals surface area contributed by atoms with Crippen molar-refractivity contribution >= 4 is 26.5 Å². The molecule has 0 heterocycles. The maximum absolute atomic E-state index is 6.37. The maximum Gasteiger partial charge on any atom is 0.0766 e. The summed E-state index contributed by atoms with van der Waals surface area (Å²) in [6, 6.07) is 8.42. The van der Waals surface area contributed by atoms with Gasteiger partial charge in [-0.25, -0.2) is 0 Å². The number of halogens is 1. The van der Waals surface area contributed by atoms with Gasteiger partial charge in [-0.2, -0.15) is 0 Å². The highest BCUT2D eigenvalue weighted by Crippen LogP contribution is 2.39. The minimum atomic E-state index is -0.738. The third kappa shape index (κ3) is 1.47. The van der Waals surface area contributed by atoms with Gasteiger partial charge in [0.25, 0.3) is 0 Å². The Balaban J connectivity index is 2.44. The Morgan fingerprint density at radius 3 is 2.54 bits per heavy atom. The first-order valence-electron chi connectivity index (χ1n) is 4.64. The minimum Gasteiger partial charge on any atom is -0.113 e. The van der Waals surface area contributed by atoms with Gasteiger partial charge >= 0.3 is 0 Å². The lowest BCUT2D eigenvalue weighted by molar-refractivity contribution is 1.21. The molecule has 13 heavy (non-hydrogen) atoms. The molecule has 0 bridgehead atoms. The highest BCUT2D eigenvalue weighted by molar-refractivity contribution is 6.67. The van der Waals surface area contributed by atoms with E-state index >= 15 is 0 Å². The summed E-state index contributed by atoms with van der Waals surface area (Å²) < 4.78 is 0. The summed E-state index contributed by atoms with van der Waals surface area (Å²) in [6.07, 6.45) is 2.28. The molecule has 0 nitrogen and oxygen atoms in total. The molecule has 0 N–H and O–H groups in total. The van der Waals surface area contributed by atoms with Crippen LogP contribution in [-0.4, -0.2) is 8.80 Å². The Morgan fingerprint density at radius 2 is 1.92 bits per heavy atom. The first-order valence-corrected chi connectivity index (χ1v) is 7.97. The Hall–Kier alpha value is -0.533. The molecule has 1 unspecified atom stereocenters. The molecule has 1 aliphatic carbocycles. The summed E-state index contributed by atoms with van der Waals surface area (Å²) in [7, 11) is -0.738. The Labute approximate surface area is 85.8 Å². The van der Waals surface area contributed by atoms with Crippen LogP contribution in [0.2, 0.25) is 13.1 Å². The van der Waals surface area contributed by atoms with Gasteiger partial charge in [-0.3, -0.25) is 0 Å². The standard InChI is InChI=1S/C11H13ClSi/c1-13(2)10-7-8-5-3-4-6-9(8)11(10)12/h3-7,11,13H,1-2H3. The highest BCUT2D eigenvalue weighted by Gasteiger charge is 2.24. The van der Waals surface area contributed by atoms with Gasteiger partial charge in [0, 0.05) is 0 Å². The monoisotopic (exact) mass is 208 g/mol. The molecule has 1 aliphatic rings. The molecule has 68 valence electrons. The third-order valence-electron chi connectivity index (χ3n) is 2.55. The van der Waals surface area contributed by atoms with Crippen molar-refractivity contribution in [3.63, 3.8) is 0 Å². The highest BCUT2D eigenvalue weighted by atomic mass is 35.5. The van der Waals surface area contributed by atoms with Crippen LogP contribution in [0.25, 0.3) is 6.08 Å². The number of hydrogen-bond acceptors (Lipinski definition) is 0. The van der Waals surface area contributed by atoms with Gasteiger partial charge in [0.2, 0.25) is 0 Å². The SMILES string of the molecule is C[SiH](C)C1=Cc2ccccc2C1Cl. The van der Waals surface area contributed by atoms with Crippen molar-refractivity contribution in [3.8, 4) is 0 Å². The van der Waals surface area contributed by atoms with E-state index in [2.05, 4.69) is 43.4 Å². The Bertz CT molecular complexity index is 355. The first-order chi connectivity index (χ1) is 6.20. The smallest absolute Gasteiger partial charge is 0.0766 e. The zero-order valence-corrected chi connectivity index (χ0v) is 9.83. The van der Waals surface area contributed by atoms with Crippen LogP contribution in [0.5, 0.6) is 0 Å². The van der Waals surface area contributed by atoms with Gasteiger partial charge in [-0.15, -0.1) is 11.6 Å². The summed E-state index contributed by atoms with van der Waals surface area (Å²) in [6.45, 7) is 4.65. The van der Waals surface area contributed by atoms with Gasteiger partial charge in [-0.05, 0) is 11.1 Å². The van der Waals surface area contributed by atoms with E-state index in [1.165, 1.54) is 16.3 Å². The quantitative estimate of drug-likeness (QED) is 0.490. The van der Waals surface area contributed by atoms with Crippen LogP contribution in [0.15, 0.2) is 29.5 Å². The van der Waals surface area contributed by atoms with E-state index in [0.717, 1.165) is 0 Å². The van der Waals surface area contributed by atoms with Gasteiger partial charge < -0.3 is 0 Å². The van der Waals surface area contributed by atoms with E-state index in [9.17, 15) is 0 Å². The van der Waals surface area contributed by atoms with Crippen LogP contribution < -0.4 is 0 Å². The average molecular weight is 209 g/mol. The molecule has 1 aromatic rings. The van der Waals surface area contributed by atoms with Crippen molar-refractivity contribution < 1.29 is 0 Å². The summed E-state index contributed by atoms with van der Waals surface area (Å²) >= 11 is 6.37. The van der Waals surface area contributed by atoms with Crippen LogP contribution >= 0.6 is 11.6 Å². The number of hydrogen-bond donors (Lipinski definition) is 0.